The van der Waals surface area contributed by atoms with Gasteiger partial charge in [-0.15, -0.1) is 0 Å². The Morgan fingerprint density at radius 1 is 1.18 bits per heavy atom. The predicted molar refractivity (Wildman–Crippen MR) is 157 cm³/mol. The summed E-state index contributed by atoms with van der Waals surface area (Å²) < 4.78 is 5.71. The highest BCUT2D eigenvalue weighted by molar-refractivity contribution is 6.36. The summed E-state index contributed by atoms with van der Waals surface area (Å²) in [6.45, 7) is 6.77. The number of rotatable bonds is 7. The molecule has 1 amide bonds. The Bertz CT molecular complexity index is 1320. The number of hydrogen-bond donors (Lipinski definition) is 5. The van der Waals surface area contributed by atoms with Gasteiger partial charge in [0, 0.05) is 39.3 Å². The average molecular weight is 571 g/mol. The lowest BCUT2D eigenvalue weighted by Gasteiger charge is -2.33. The molecule has 11 heteroatoms. The van der Waals surface area contributed by atoms with Gasteiger partial charge in [-0.25, -0.2) is 9.97 Å². The zero-order chi connectivity index (χ0) is 28.2. The van der Waals surface area contributed by atoms with Crippen molar-refractivity contribution in [1.82, 2.24) is 20.6 Å². The predicted octanol–water partition coefficient (Wildman–Crippen LogP) is 5.29. The number of carbonyl (C=O) groups excluding carboxylic acids is 1. The summed E-state index contributed by atoms with van der Waals surface area (Å²) >= 11 is 12.5. The molecule has 6 N–H and O–H groups in total. The molecule has 0 aliphatic carbocycles. The van der Waals surface area contributed by atoms with Crippen LogP contribution in [0.1, 0.15) is 49.5 Å². The van der Waals surface area contributed by atoms with Gasteiger partial charge in [0.25, 0.3) is 5.91 Å². The SMILES string of the molecule is CC(C)(C)OC(=N)[C@H]1CC(NC(=O)c2ccc(-c3cnc(N)c(NCc4c(Cl)cccc4Cl)n3)cc2)CCN1. The van der Waals surface area contributed by atoms with E-state index in [9.17, 15) is 4.79 Å². The van der Waals surface area contributed by atoms with E-state index in [1.807, 2.05) is 32.9 Å². The summed E-state index contributed by atoms with van der Waals surface area (Å²) in [6, 6.07) is 12.2. The molecule has 9 nitrogen and oxygen atoms in total. The number of amides is 1. The Balaban J connectivity index is 1.39. The van der Waals surface area contributed by atoms with Gasteiger partial charge in [-0.2, -0.15) is 0 Å². The molecule has 2 atom stereocenters. The van der Waals surface area contributed by atoms with E-state index < -0.39 is 5.60 Å². The fraction of sp³-hybridized carbons (Fsp3) is 0.357. The van der Waals surface area contributed by atoms with E-state index in [0.717, 1.165) is 17.5 Å². The van der Waals surface area contributed by atoms with Crippen LogP contribution in [0.15, 0.2) is 48.7 Å². The van der Waals surface area contributed by atoms with Crippen molar-refractivity contribution in [3.8, 4) is 11.3 Å². The molecule has 1 aliphatic heterocycles. The number of piperidine rings is 1. The van der Waals surface area contributed by atoms with Crippen molar-refractivity contribution in [2.45, 2.75) is 57.8 Å². The number of ether oxygens (including phenoxy) is 1. The maximum Gasteiger partial charge on any atom is 0.251 e. The first kappa shape index (κ1) is 28.6. The first-order valence-corrected chi connectivity index (χ1v) is 13.5. The smallest absolute Gasteiger partial charge is 0.251 e. The Labute approximate surface area is 238 Å². The molecule has 4 rings (SSSR count). The highest BCUT2D eigenvalue weighted by atomic mass is 35.5. The molecule has 206 valence electrons. The van der Waals surface area contributed by atoms with Crippen LogP contribution >= 0.6 is 23.2 Å². The summed E-state index contributed by atoms with van der Waals surface area (Å²) in [4.78, 5) is 21.8. The largest absolute Gasteiger partial charge is 0.474 e. The molecule has 3 aromatic rings. The van der Waals surface area contributed by atoms with Gasteiger partial charge in [0.05, 0.1) is 17.9 Å². The standard InChI is InChI=1S/C28H33Cl2N7O2/c1-28(2,3)39-25(32)22-13-18(11-12-33-22)36-27(38)17-9-7-16(8-10-17)23-15-34-24(31)26(37-23)35-14-19-20(29)5-4-6-21(19)30/h4-10,15,18,22,32-33H,11-14H2,1-3H3,(H2,31,34)(H,35,37)(H,36,38)/t18?,22-/m1/s1. The average Bonchev–Trinajstić information content (AvgIpc) is 2.88. The molecule has 1 aliphatic rings. The number of nitrogen functional groups attached to an aromatic ring is 1. The third kappa shape index (κ3) is 7.59. The van der Waals surface area contributed by atoms with Gasteiger partial charge in [-0.3, -0.25) is 10.2 Å². The van der Waals surface area contributed by atoms with Crippen LogP contribution in [0.2, 0.25) is 10.0 Å². The quantitative estimate of drug-likeness (QED) is 0.192. The van der Waals surface area contributed by atoms with Crippen molar-refractivity contribution in [2.75, 3.05) is 17.6 Å². The molecule has 39 heavy (non-hydrogen) atoms. The Morgan fingerprint density at radius 3 is 2.54 bits per heavy atom. The molecule has 1 aromatic heterocycles. The number of nitrogens with one attached hydrogen (secondary N) is 4. The maximum atomic E-state index is 12.9. The van der Waals surface area contributed by atoms with E-state index in [2.05, 4.69) is 25.9 Å². The molecule has 0 saturated carbocycles. The first-order valence-electron chi connectivity index (χ1n) is 12.7. The summed E-state index contributed by atoms with van der Waals surface area (Å²) in [5.74, 6) is 0.683. The van der Waals surface area contributed by atoms with Gasteiger partial charge in [0.15, 0.2) is 17.5 Å². The zero-order valence-electron chi connectivity index (χ0n) is 22.1. The van der Waals surface area contributed by atoms with E-state index >= 15 is 0 Å². The molecule has 0 bridgehead atoms. The lowest BCUT2D eigenvalue weighted by molar-refractivity contribution is 0.0904. The van der Waals surface area contributed by atoms with E-state index in [0.29, 0.717) is 46.6 Å². The van der Waals surface area contributed by atoms with Crippen LogP contribution in [0.3, 0.4) is 0 Å². The van der Waals surface area contributed by atoms with Gasteiger partial charge in [0.2, 0.25) is 0 Å². The Kier molecular flexibility index (Phi) is 8.94. The second kappa shape index (κ2) is 12.2. The van der Waals surface area contributed by atoms with E-state index in [1.165, 1.54) is 0 Å². The van der Waals surface area contributed by atoms with Crippen molar-refractivity contribution >= 4 is 46.6 Å². The molecule has 1 saturated heterocycles. The molecule has 2 aromatic carbocycles. The lowest BCUT2D eigenvalue weighted by Crippen LogP contribution is -2.52. The highest BCUT2D eigenvalue weighted by Gasteiger charge is 2.29. The molecule has 0 radical (unpaired) electrons. The van der Waals surface area contributed by atoms with Crippen LogP contribution in [0, 0.1) is 5.41 Å². The Hall–Kier alpha value is -3.40. The van der Waals surface area contributed by atoms with Crippen molar-refractivity contribution in [1.29, 1.82) is 5.41 Å². The molecular weight excluding hydrogens is 537 g/mol. The van der Waals surface area contributed by atoms with Crippen LogP contribution in [0.5, 0.6) is 0 Å². The summed E-state index contributed by atoms with van der Waals surface area (Å²) in [6.07, 6.45) is 2.95. The molecule has 0 spiro atoms. The monoisotopic (exact) mass is 569 g/mol. The second-order valence-corrected chi connectivity index (χ2v) is 11.2. The number of nitrogens with two attached hydrogens (primary N) is 1. The maximum absolute atomic E-state index is 12.9. The van der Waals surface area contributed by atoms with Crippen molar-refractivity contribution in [3.63, 3.8) is 0 Å². The number of aromatic nitrogens is 2. The van der Waals surface area contributed by atoms with Gasteiger partial charge >= 0.3 is 0 Å². The van der Waals surface area contributed by atoms with Crippen molar-refractivity contribution in [3.05, 3.63) is 69.8 Å². The molecule has 1 fully saturated rings. The zero-order valence-corrected chi connectivity index (χ0v) is 23.7. The molecular formula is C28H33Cl2N7O2. The van der Waals surface area contributed by atoms with Crippen molar-refractivity contribution < 1.29 is 9.53 Å². The minimum Gasteiger partial charge on any atom is -0.474 e. The lowest BCUT2D eigenvalue weighted by atomic mass is 9.98. The number of benzene rings is 2. The topological polar surface area (TPSA) is 138 Å². The van der Waals surface area contributed by atoms with Gasteiger partial charge in [-0.1, -0.05) is 41.4 Å². The fourth-order valence-electron chi connectivity index (χ4n) is 4.25. The number of halogens is 2. The van der Waals surface area contributed by atoms with Crippen molar-refractivity contribution in [2.24, 2.45) is 0 Å². The third-order valence-corrected chi connectivity index (χ3v) is 6.92. The minimum absolute atomic E-state index is 0.0597. The molecule has 2 heterocycles. The van der Waals surface area contributed by atoms with Crippen LogP contribution in [-0.4, -0.2) is 46.0 Å². The third-order valence-electron chi connectivity index (χ3n) is 6.21. The van der Waals surface area contributed by atoms with Gasteiger partial charge in [0.1, 0.15) is 5.60 Å². The first-order chi connectivity index (χ1) is 18.5. The summed E-state index contributed by atoms with van der Waals surface area (Å²) in [5, 5.41) is 18.9. The van der Waals surface area contributed by atoms with E-state index in [4.69, 9.17) is 39.1 Å². The number of nitrogens with zero attached hydrogens (tertiary/aromatic N) is 2. The highest BCUT2D eigenvalue weighted by Crippen LogP contribution is 2.27. The Morgan fingerprint density at radius 2 is 1.87 bits per heavy atom. The number of carbonyl (C=O) groups is 1. The second-order valence-electron chi connectivity index (χ2n) is 10.4. The summed E-state index contributed by atoms with van der Waals surface area (Å²) in [7, 11) is 0. The van der Waals surface area contributed by atoms with E-state index in [-0.39, 0.29) is 29.7 Å². The van der Waals surface area contributed by atoms with Gasteiger partial charge < -0.3 is 26.4 Å². The number of hydrogen-bond acceptors (Lipinski definition) is 8. The normalized spacial score (nSPS) is 17.4. The van der Waals surface area contributed by atoms with Crippen LogP contribution in [-0.2, 0) is 11.3 Å². The van der Waals surface area contributed by atoms with Crippen LogP contribution in [0.25, 0.3) is 11.3 Å². The fourth-order valence-corrected chi connectivity index (χ4v) is 4.78. The van der Waals surface area contributed by atoms with Gasteiger partial charge in [-0.05, 0) is 64.4 Å². The number of anilines is 2. The summed E-state index contributed by atoms with van der Waals surface area (Å²) in [5.41, 5.74) is 8.25. The van der Waals surface area contributed by atoms with Crippen LogP contribution < -0.4 is 21.7 Å². The minimum atomic E-state index is -0.439. The molecule has 1 unspecified atom stereocenters. The van der Waals surface area contributed by atoms with Crippen LogP contribution in [0.4, 0.5) is 11.6 Å². The van der Waals surface area contributed by atoms with E-state index in [1.54, 1.807) is 36.5 Å².